The molecular formula is C15H19N3O3. The maximum absolute atomic E-state index is 12.2. The number of hydrogen-bond acceptors (Lipinski definition) is 4. The Labute approximate surface area is 123 Å². The summed E-state index contributed by atoms with van der Waals surface area (Å²) in [5, 5.41) is 2.68. The van der Waals surface area contributed by atoms with Crippen molar-refractivity contribution < 1.29 is 14.4 Å². The summed E-state index contributed by atoms with van der Waals surface area (Å²) >= 11 is 0. The predicted molar refractivity (Wildman–Crippen MR) is 79.4 cm³/mol. The average molecular weight is 289 g/mol. The van der Waals surface area contributed by atoms with Crippen molar-refractivity contribution in [3.63, 3.8) is 0 Å². The van der Waals surface area contributed by atoms with E-state index in [1.54, 1.807) is 18.2 Å². The van der Waals surface area contributed by atoms with Crippen LogP contribution in [0.15, 0.2) is 24.3 Å². The summed E-state index contributed by atoms with van der Waals surface area (Å²) in [4.78, 5) is 36.8. The highest BCUT2D eigenvalue weighted by molar-refractivity contribution is 6.45. The lowest BCUT2D eigenvalue weighted by Crippen LogP contribution is -2.47. The number of anilines is 2. The van der Waals surface area contributed by atoms with Gasteiger partial charge in [0.15, 0.2) is 0 Å². The molecule has 1 saturated carbocycles. The SMILES string of the molecule is CC(=O)N(C(=O)C(=O)NC1CCCC1)c1cccc(N)c1. The van der Waals surface area contributed by atoms with E-state index >= 15 is 0 Å². The molecule has 0 aromatic heterocycles. The molecule has 6 nitrogen and oxygen atoms in total. The van der Waals surface area contributed by atoms with Crippen molar-refractivity contribution in [2.75, 3.05) is 10.6 Å². The number of imide groups is 1. The summed E-state index contributed by atoms with van der Waals surface area (Å²) in [6.45, 7) is 1.24. The van der Waals surface area contributed by atoms with Crippen molar-refractivity contribution in [2.45, 2.75) is 38.6 Å². The number of rotatable bonds is 2. The quantitative estimate of drug-likeness (QED) is 0.632. The molecule has 3 N–H and O–H groups in total. The van der Waals surface area contributed by atoms with Crippen LogP contribution in [-0.4, -0.2) is 23.8 Å². The fraction of sp³-hybridized carbons (Fsp3) is 0.400. The van der Waals surface area contributed by atoms with E-state index in [0.717, 1.165) is 30.6 Å². The molecule has 0 saturated heterocycles. The number of hydrogen-bond donors (Lipinski definition) is 2. The maximum atomic E-state index is 12.2. The van der Waals surface area contributed by atoms with Crippen molar-refractivity contribution in [3.8, 4) is 0 Å². The Morgan fingerprint density at radius 2 is 1.90 bits per heavy atom. The molecule has 1 aromatic carbocycles. The van der Waals surface area contributed by atoms with Gasteiger partial charge < -0.3 is 11.1 Å². The van der Waals surface area contributed by atoms with Crippen LogP contribution in [0.2, 0.25) is 0 Å². The number of nitrogens with zero attached hydrogens (tertiary/aromatic N) is 1. The monoisotopic (exact) mass is 289 g/mol. The highest BCUT2D eigenvalue weighted by Crippen LogP contribution is 2.20. The zero-order valence-electron chi connectivity index (χ0n) is 12.0. The van der Waals surface area contributed by atoms with Crippen molar-refractivity contribution in [2.24, 2.45) is 0 Å². The largest absolute Gasteiger partial charge is 0.399 e. The molecule has 1 fully saturated rings. The van der Waals surface area contributed by atoms with Gasteiger partial charge >= 0.3 is 11.8 Å². The number of nitrogens with two attached hydrogens (primary N) is 1. The zero-order valence-corrected chi connectivity index (χ0v) is 12.0. The first-order chi connectivity index (χ1) is 9.99. The number of benzene rings is 1. The summed E-state index contributed by atoms with van der Waals surface area (Å²) in [7, 11) is 0. The molecule has 1 aliphatic carbocycles. The van der Waals surface area contributed by atoms with Gasteiger partial charge in [-0.15, -0.1) is 0 Å². The fourth-order valence-corrected chi connectivity index (χ4v) is 2.52. The second-order valence-corrected chi connectivity index (χ2v) is 5.21. The van der Waals surface area contributed by atoms with Gasteiger partial charge in [0, 0.05) is 18.7 Å². The van der Waals surface area contributed by atoms with Gasteiger partial charge in [-0.3, -0.25) is 14.4 Å². The van der Waals surface area contributed by atoms with Gasteiger partial charge in [0.1, 0.15) is 0 Å². The molecule has 1 aromatic rings. The number of amides is 3. The number of carbonyl (C=O) groups is 3. The second-order valence-electron chi connectivity index (χ2n) is 5.21. The van der Waals surface area contributed by atoms with Gasteiger partial charge in [0.25, 0.3) is 0 Å². The van der Waals surface area contributed by atoms with Crippen molar-refractivity contribution >= 4 is 29.1 Å². The van der Waals surface area contributed by atoms with Crippen LogP contribution in [0.1, 0.15) is 32.6 Å². The summed E-state index contributed by atoms with van der Waals surface area (Å²) in [6, 6.07) is 6.35. The third-order valence-corrected chi connectivity index (χ3v) is 3.53. The Bertz CT molecular complexity index is 565. The van der Waals surface area contributed by atoms with Crippen molar-refractivity contribution in [1.29, 1.82) is 0 Å². The van der Waals surface area contributed by atoms with Crippen LogP contribution in [0.3, 0.4) is 0 Å². The number of carbonyl (C=O) groups excluding carboxylic acids is 3. The molecule has 21 heavy (non-hydrogen) atoms. The van der Waals surface area contributed by atoms with Crippen LogP contribution in [0.25, 0.3) is 0 Å². The average Bonchev–Trinajstić information content (AvgIpc) is 2.91. The first kappa shape index (κ1) is 15.0. The van der Waals surface area contributed by atoms with Crippen LogP contribution >= 0.6 is 0 Å². The number of nitrogen functional groups attached to an aromatic ring is 1. The van der Waals surface area contributed by atoms with Gasteiger partial charge in [0.05, 0.1) is 5.69 Å². The normalized spacial score (nSPS) is 14.7. The van der Waals surface area contributed by atoms with Gasteiger partial charge in [-0.1, -0.05) is 18.9 Å². The van der Waals surface area contributed by atoms with Crippen LogP contribution in [0.4, 0.5) is 11.4 Å². The molecule has 112 valence electrons. The van der Waals surface area contributed by atoms with Crippen LogP contribution < -0.4 is 16.0 Å². The second kappa shape index (κ2) is 6.39. The van der Waals surface area contributed by atoms with E-state index in [1.165, 1.54) is 13.0 Å². The third kappa shape index (κ3) is 3.59. The standard InChI is InChI=1S/C15H19N3O3/c1-10(19)18(13-8-4-5-11(16)9-13)15(21)14(20)17-12-6-2-3-7-12/h4-5,8-9,12H,2-3,6-7,16H2,1H3,(H,17,20). The topological polar surface area (TPSA) is 92.5 Å². The first-order valence-corrected chi connectivity index (χ1v) is 7.00. The molecule has 0 spiro atoms. The molecule has 0 atom stereocenters. The summed E-state index contributed by atoms with van der Waals surface area (Å²) in [6.07, 6.45) is 3.84. The van der Waals surface area contributed by atoms with Gasteiger partial charge in [-0.2, -0.15) is 0 Å². The Morgan fingerprint density at radius 3 is 2.48 bits per heavy atom. The number of nitrogens with one attached hydrogen (secondary N) is 1. The molecular weight excluding hydrogens is 270 g/mol. The minimum atomic E-state index is -0.875. The molecule has 0 bridgehead atoms. The molecule has 2 rings (SSSR count). The fourth-order valence-electron chi connectivity index (χ4n) is 2.52. The predicted octanol–water partition coefficient (Wildman–Crippen LogP) is 1.21. The lowest BCUT2D eigenvalue weighted by molar-refractivity contribution is -0.139. The van der Waals surface area contributed by atoms with Crippen LogP contribution in [0.5, 0.6) is 0 Å². The van der Waals surface area contributed by atoms with E-state index < -0.39 is 17.7 Å². The smallest absolute Gasteiger partial charge is 0.323 e. The third-order valence-electron chi connectivity index (χ3n) is 3.53. The van der Waals surface area contributed by atoms with Crippen LogP contribution in [-0.2, 0) is 14.4 Å². The summed E-state index contributed by atoms with van der Waals surface area (Å²) < 4.78 is 0. The molecule has 3 amide bonds. The van der Waals surface area contributed by atoms with E-state index in [-0.39, 0.29) is 6.04 Å². The molecule has 1 aliphatic rings. The minimum Gasteiger partial charge on any atom is -0.399 e. The minimum absolute atomic E-state index is 0.0242. The lowest BCUT2D eigenvalue weighted by Gasteiger charge is -2.20. The Morgan fingerprint density at radius 1 is 1.24 bits per heavy atom. The van der Waals surface area contributed by atoms with Gasteiger partial charge in [-0.05, 0) is 31.0 Å². The van der Waals surface area contributed by atoms with Crippen LogP contribution in [0, 0.1) is 0 Å². The Kier molecular flexibility index (Phi) is 4.57. The summed E-state index contributed by atoms with van der Waals surface area (Å²) in [5.41, 5.74) is 6.37. The Balaban J connectivity index is 2.15. The zero-order chi connectivity index (χ0) is 15.4. The lowest BCUT2D eigenvalue weighted by atomic mass is 10.2. The van der Waals surface area contributed by atoms with E-state index in [4.69, 9.17) is 5.73 Å². The van der Waals surface area contributed by atoms with Crippen molar-refractivity contribution in [3.05, 3.63) is 24.3 Å². The highest BCUT2D eigenvalue weighted by atomic mass is 16.2. The van der Waals surface area contributed by atoms with Gasteiger partial charge in [0.2, 0.25) is 5.91 Å². The van der Waals surface area contributed by atoms with E-state index in [9.17, 15) is 14.4 Å². The van der Waals surface area contributed by atoms with Crippen molar-refractivity contribution in [1.82, 2.24) is 5.32 Å². The van der Waals surface area contributed by atoms with Gasteiger partial charge in [-0.25, -0.2) is 4.90 Å². The molecule has 0 unspecified atom stereocenters. The van der Waals surface area contributed by atoms with E-state index in [2.05, 4.69) is 5.32 Å². The first-order valence-electron chi connectivity index (χ1n) is 7.00. The molecule has 0 radical (unpaired) electrons. The molecule has 6 heteroatoms. The molecule has 0 heterocycles. The Hall–Kier alpha value is -2.37. The maximum Gasteiger partial charge on any atom is 0.323 e. The summed E-state index contributed by atoms with van der Waals surface area (Å²) in [5.74, 6) is -2.15. The highest BCUT2D eigenvalue weighted by Gasteiger charge is 2.29. The van der Waals surface area contributed by atoms with E-state index in [0.29, 0.717) is 11.4 Å². The molecule has 0 aliphatic heterocycles. The van der Waals surface area contributed by atoms with E-state index in [1.807, 2.05) is 0 Å².